The Morgan fingerprint density at radius 1 is 1.12 bits per heavy atom. The van der Waals surface area contributed by atoms with E-state index in [9.17, 15) is 14.7 Å². The van der Waals surface area contributed by atoms with Crippen LogP contribution in [0.2, 0.25) is 0 Å². The molecule has 1 heterocycles. The second kappa shape index (κ2) is 7.82. The summed E-state index contributed by atoms with van der Waals surface area (Å²) in [7, 11) is 0. The molecule has 2 unspecified atom stereocenters. The molecule has 0 radical (unpaired) electrons. The number of hydrogen-bond acceptors (Lipinski definition) is 4. The van der Waals surface area contributed by atoms with Gasteiger partial charge in [0.1, 0.15) is 5.52 Å². The molecule has 1 amide bonds. The Morgan fingerprint density at radius 3 is 2.50 bits per heavy atom. The van der Waals surface area contributed by atoms with Crippen LogP contribution in [0.3, 0.4) is 0 Å². The lowest BCUT2D eigenvalue weighted by Gasteiger charge is -2.22. The van der Waals surface area contributed by atoms with Crippen molar-refractivity contribution in [2.75, 3.05) is 0 Å². The van der Waals surface area contributed by atoms with Gasteiger partial charge in [0, 0.05) is 12.8 Å². The molecule has 134 valence electrons. The number of aliphatic carboxylic acids is 1. The first-order valence-electron chi connectivity index (χ1n) is 8.46. The summed E-state index contributed by atoms with van der Waals surface area (Å²) in [5, 5.41) is 12.2. The van der Waals surface area contributed by atoms with Gasteiger partial charge in [-0.2, -0.15) is 0 Å². The largest absolute Gasteiger partial charge is 0.481 e. The number of carboxylic acid groups (broad SMARTS) is 1. The number of rotatable bonds is 7. The monoisotopic (exact) mass is 352 g/mol. The third-order valence-corrected chi connectivity index (χ3v) is 4.27. The van der Waals surface area contributed by atoms with Gasteiger partial charge in [0.2, 0.25) is 5.91 Å². The van der Waals surface area contributed by atoms with Crippen molar-refractivity contribution >= 4 is 23.0 Å². The fourth-order valence-corrected chi connectivity index (χ4v) is 2.79. The minimum absolute atomic E-state index is 0.169. The van der Waals surface area contributed by atoms with Crippen LogP contribution in [0.1, 0.15) is 30.8 Å². The number of nitrogens with zero attached hydrogens (tertiary/aromatic N) is 1. The Morgan fingerprint density at radius 2 is 1.81 bits per heavy atom. The number of benzene rings is 2. The zero-order chi connectivity index (χ0) is 18.5. The van der Waals surface area contributed by atoms with E-state index in [1.54, 1.807) is 6.92 Å². The van der Waals surface area contributed by atoms with Crippen LogP contribution in [-0.4, -0.2) is 22.0 Å². The van der Waals surface area contributed by atoms with Gasteiger partial charge in [0.15, 0.2) is 11.5 Å². The van der Waals surface area contributed by atoms with Crippen molar-refractivity contribution in [1.29, 1.82) is 0 Å². The van der Waals surface area contributed by atoms with Gasteiger partial charge in [0.25, 0.3) is 0 Å². The number of nitrogens with one attached hydrogen (secondary N) is 1. The average Bonchev–Trinajstić information content (AvgIpc) is 3.07. The Hall–Kier alpha value is -3.15. The van der Waals surface area contributed by atoms with Gasteiger partial charge in [-0.05, 0) is 24.6 Å². The highest BCUT2D eigenvalue weighted by Crippen LogP contribution is 2.22. The van der Waals surface area contributed by atoms with Crippen molar-refractivity contribution in [1.82, 2.24) is 10.3 Å². The Labute approximate surface area is 150 Å². The lowest BCUT2D eigenvalue weighted by Crippen LogP contribution is -2.35. The fourth-order valence-electron chi connectivity index (χ4n) is 2.79. The number of hydrogen-bond donors (Lipinski definition) is 2. The summed E-state index contributed by atoms with van der Waals surface area (Å²) in [5.74, 6) is -1.46. The molecule has 0 saturated heterocycles. The highest BCUT2D eigenvalue weighted by Gasteiger charge is 2.26. The first-order chi connectivity index (χ1) is 12.5. The predicted molar refractivity (Wildman–Crippen MR) is 96.5 cm³/mol. The minimum atomic E-state index is -0.960. The summed E-state index contributed by atoms with van der Waals surface area (Å²) in [6, 6.07) is 15.9. The number of fused-ring (bicyclic) bond motifs is 1. The number of para-hydroxylation sites is 2. The van der Waals surface area contributed by atoms with Crippen molar-refractivity contribution in [3.63, 3.8) is 0 Å². The summed E-state index contributed by atoms with van der Waals surface area (Å²) in [6.07, 6.45) is 0.520. The third kappa shape index (κ3) is 4.08. The standard InChI is InChI=1S/C20H20N2O4/c1-13(20(24)25)19(14-7-3-2-4-8-14)22-17(23)11-12-18-21-15-9-5-6-10-16(15)26-18/h2-10,13,19H,11-12H2,1H3,(H,22,23)(H,24,25). The highest BCUT2D eigenvalue weighted by atomic mass is 16.4. The lowest BCUT2D eigenvalue weighted by atomic mass is 9.94. The average molecular weight is 352 g/mol. The maximum absolute atomic E-state index is 12.4. The van der Waals surface area contributed by atoms with Gasteiger partial charge in [-0.15, -0.1) is 0 Å². The van der Waals surface area contributed by atoms with Crippen LogP contribution in [0.15, 0.2) is 59.0 Å². The number of carbonyl (C=O) groups excluding carboxylic acids is 1. The molecular formula is C20H20N2O4. The van der Waals surface area contributed by atoms with Crippen LogP contribution in [0.4, 0.5) is 0 Å². The zero-order valence-corrected chi connectivity index (χ0v) is 14.4. The highest BCUT2D eigenvalue weighted by molar-refractivity contribution is 5.78. The molecule has 2 atom stereocenters. The molecule has 1 aromatic heterocycles. The quantitative estimate of drug-likeness (QED) is 0.680. The van der Waals surface area contributed by atoms with Gasteiger partial charge >= 0.3 is 5.97 Å². The second-order valence-corrected chi connectivity index (χ2v) is 6.16. The molecule has 0 aliphatic heterocycles. The first-order valence-corrected chi connectivity index (χ1v) is 8.46. The van der Waals surface area contributed by atoms with E-state index in [1.807, 2.05) is 54.6 Å². The van der Waals surface area contributed by atoms with Crippen molar-refractivity contribution < 1.29 is 19.1 Å². The number of oxazole rings is 1. The normalized spacial score (nSPS) is 13.3. The van der Waals surface area contributed by atoms with Crippen molar-refractivity contribution in [2.45, 2.75) is 25.8 Å². The molecule has 0 aliphatic carbocycles. The second-order valence-electron chi connectivity index (χ2n) is 6.16. The molecule has 0 saturated carbocycles. The van der Waals surface area contributed by atoms with E-state index < -0.39 is 17.9 Å². The maximum atomic E-state index is 12.4. The van der Waals surface area contributed by atoms with Crippen LogP contribution in [0.5, 0.6) is 0 Å². The summed E-state index contributed by atoms with van der Waals surface area (Å²) in [4.78, 5) is 28.1. The molecule has 3 aromatic rings. The van der Waals surface area contributed by atoms with Gasteiger partial charge < -0.3 is 14.8 Å². The van der Waals surface area contributed by atoms with E-state index in [1.165, 1.54) is 0 Å². The van der Waals surface area contributed by atoms with E-state index in [4.69, 9.17) is 4.42 Å². The smallest absolute Gasteiger partial charge is 0.308 e. The molecule has 6 heteroatoms. The van der Waals surface area contributed by atoms with E-state index in [0.29, 0.717) is 17.9 Å². The Kier molecular flexibility index (Phi) is 5.31. The van der Waals surface area contributed by atoms with Crippen molar-refractivity contribution in [3.05, 3.63) is 66.1 Å². The molecule has 0 fully saturated rings. The first kappa shape index (κ1) is 17.7. The lowest BCUT2D eigenvalue weighted by molar-refractivity contribution is -0.142. The van der Waals surface area contributed by atoms with E-state index >= 15 is 0 Å². The molecule has 2 N–H and O–H groups in total. The summed E-state index contributed by atoms with van der Waals surface area (Å²) < 4.78 is 5.61. The molecule has 0 aliphatic rings. The molecule has 0 bridgehead atoms. The number of carbonyl (C=O) groups is 2. The van der Waals surface area contributed by atoms with Gasteiger partial charge in [-0.3, -0.25) is 9.59 Å². The van der Waals surface area contributed by atoms with Crippen molar-refractivity contribution in [3.8, 4) is 0 Å². The molecule has 26 heavy (non-hydrogen) atoms. The van der Waals surface area contributed by atoms with Crippen LogP contribution < -0.4 is 5.32 Å². The zero-order valence-electron chi connectivity index (χ0n) is 14.4. The van der Waals surface area contributed by atoms with Crippen LogP contribution in [-0.2, 0) is 16.0 Å². The van der Waals surface area contributed by atoms with E-state index in [2.05, 4.69) is 10.3 Å². The van der Waals surface area contributed by atoms with E-state index in [-0.39, 0.29) is 12.3 Å². The van der Waals surface area contributed by atoms with E-state index in [0.717, 1.165) is 11.1 Å². The molecule has 3 rings (SSSR count). The SMILES string of the molecule is CC(C(=O)O)C(NC(=O)CCc1nc2ccccc2o1)c1ccccc1. The summed E-state index contributed by atoms with van der Waals surface area (Å²) >= 11 is 0. The molecular weight excluding hydrogens is 332 g/mol. The third-order valence-electron chi connectivity index (χ3n) is 4.27. The van der Waals surface area contributed by atoms with Gasteiger partial charge in [-0.1, -0.05) is 42.5 Å². The van der Waals surface area contributed by atoms with Crippen LogP contribution >= 0.6 is 0 Å². The number of aryl methyl sites for hydroxylation is 1. The number of carboxylic acids is 1. The Bertz CT molecular complexity index is 871. The summed E-state index contributed by atoms with van der Waals surface area (Å²) in [5.41, 5.74) is 2.20. The minimum Gasteiger partial charge on any atom is -0.481 e. The topological polar surface area (TPSA) is 92.4 Å². The number of amides is 1. The molecule has 2 aromatic carbocycles. The molecule has 0 spiro atoms. The van der Waals surface area contributed by atoms with Gasteiger partial charge in [-0.25, -0.2) is 4.98 Å². The molecule has 6 nitrogen and oxygen atoms in total. The fraction of sp³-hybridized carbons (Fsp3) is 0.250. The van der Waals surface area contributed by atoms with Crippen LogP contribution in [0.25, 0.3) is 11.1 Å². The predicted octanol–water partition coefficient (Wildman–Crippen LogP) is 3.34. The van der Waals surface area contributed by atoms with Crippen molar-refractivity contribution in [2.24, 2.45) is 5.92 Å². The summed E-state index contributed by atoms with van der Waals surface area (Å²) in [6.45, 7) is 1.58. The maximum Gasteiger partial charge on any atom is 0.308 e. The number of aromatic nitrogens is 1. The van der Waals surface area contributed by atoms with Gasteiger partial charge in [0.05, 0.1) is 12.0 Å². The Balaban J connectivity index is 1.66. The van der Waals surface area contributed by atoms with Crippen LogP contribution in [0, 0.1) is 5.92 Å².